The normalized spacial score (nSPS) is 26.4. The highest BCUT2D eigenvalue weighted by atomic mass is 16.6. The molecule has 4 heteroatoms. The zero-order valence-electron chi connectivity index (χ0n) is 8.71. The third-order valence-electron chi connectivity index (χ3n) is 3.30. The number of amides is 1. The van der Waals surface area contributed by atoms with Gasteiger partial charge in [0.2, 0.25) is 0 Å². The van der Waals surface area contributed by atoms with E-state index in [2.05, 4.69) is 5.32 Å². The Kier molecular flexibility index (Phi) is 2.63. The Balaban J connectivity index is 2.00. The topological polar surface area (TPSA) is 41.6 Å². The molecule has 0 aliphatic carbocycles. The van der Waals surface area contributed by atoms with Gasteiger partial charge in [-0.1, -0.05) is 0 Å². The van der Waals surface area contributed by atoms with E-state index in [1.807, 2.05) is 6.92 Å². The second kappa shape index (κ2) is 3.77. The molecule has 1 spiro atoms. The third kappa shape index (κ3) is 1.71. The summed E-state index contributed by atoms with van der Waals surface area (Å²) in [6, 6.07) is 0. The second-order valence-corrected chi connectivity index (χ2v) is 4.13. The zero-order valence-corrected chi connectivity index (χ0v) is 8.71. The maximum absolute atomic E-state index is 11.6. The molecule has 0 aromatic carbocycles. The van der Waals surface area contributed by atoms with Crippen molar-refractivity contribution in [3.05, 3.63) is 0 Å². The smallest absolute Gasteiger partial charge is 0.410 e. The van der Waals surface area contributed by atoms with Crippen LogP contribution in [0.5, 0.6) is 0 Å². The quantitative estimate of drug-likeness (QED) is 0.682. The zero-order chi connectivity index (χ0) is 10.0. The van der Waals surface area contributed by atoms with Crippen molar-refractivity contribution in [2.75, 3.05) is 26.2 Å². The predicted molar refractivity (Wildman–Crippen MR) is 53.2 cm³/mol. The van der Waals surface area contributed by atoms with Gasteiger partial charge in [-0.3, -0.25) is 0 Å². The number of carbonyl (C=O) groups is 1. The average molecular weight is 198 g/mol. The van der Waals surface area contributed by atoms with Crippen LogP contribution in [-0.2, 0) is 4.74 Å². The van der Waals surface area contributed by atoms with Crippen molar-refractivity contribution < 1.29 is 9.53 Å². The van der Waals surface area contributed by atoms with Gasteiger partial charge >= 0.3 is 6.09 Å². The van der Waals surface area contributed by atoms with Crippen LogP contribution >= 0.6 is 0 Å². The Morgan fingerprint density at radius 1 is 1.43 bits per heavy atom. The van der Waals surface area contributed by atoms with E-state index in [-0.39, 0.29) is 11.7 Å². The largest absolute Gasteiger partial charge is 0.443 e. The number of nitrogens with one attached hydrogen (secondary N) is 1. The number of ether oxygens (including phenoxy) is 1. The molecule has 2 aliphatic rings. The Labute approximate surface area is 84.6 Å². The molecular weight excluding hydrogens is 180 g/mol. The van der Waals surface area contributed by atoms with E-state index in [1.165, 1.54) is 0 Å². The molecule has 4 nitrogen and oxygen atoms in total. The fourth-order valence-corrected chi connectivity index (χ4v) is 2.25. The first-order valence-electron chi connectivity index (χ1n) is 5.44. The van der Waals surface area contributed by atoms with Gasteiger partial charge in [-0.15, -0.1) is 0 Å². The van der Waals surface area contributed by atoms with E-state index in [0.29, 0.717) is 0 Å². The van der Waals surface area contributed by atoms with E-state index < -0.39 is 0 Å². The molecule has 0 aromatic heterocycles. The van der Waals surface area contributed by atoms with E-state index in [9.17, 15) is 4.79 Å². The number of hydrogen-bond acceptors (Lipinski definition) is 3. The van der Waals surface area contributed by atoms with Crippen molar-refractivity contribution in [1.29, 1.82) is 0 Å². The summed E-state index contributed by atoms with van der Waals surface area (Å²) in [4.78, 5) is 13.4. The molecule has 2 heterocycles. The first-order chi connectivity index (χ1) is 6.76. The minimum atomic E-state index is -0.145. The van der Waals surface area contributed by atoms with Crippen LogP contribution in [0.1, 0.15) is 26.2 Å². The van der Waals surface area contributed by atoms with Crippen LogP contribution in [0.25, 0.3) is 0 Å². The molecule has 1 amide bonds. The summed E-state index contributed by atoms with van der Waals surface area (Å²) >= 11 is 0. The molecule has 2 aliphatic heterocycles. The molecule has 0 bridgehead atoms. The molecule has 0 unspecified atom stereocenters. The summed E-state index contributed by atoms with van der Waals surface area (Å²) in [5.74, 6) is 0. The molecule has 0 radical (unpaired) electrons. The van der Waals surface area contributed by atoms with Crippen molar-refractivity contribution in [3.8, 4) is 0 Å². The molecule has 80 valence electrons. The average Bonchev–Trinajstić information content (AvgIpc) is 2.19. The molecule has 0 atom stereocenters. The van der Waals surface area contributed by atoms with Gasteiger partial charge in [-0.2, -0.15) is 0 Å². The van der Waals surface area contributed by atoms with Gasteiger partial charge in [-0.05, 0) is 32.9 Å². The predicted octanol–water partition coefficient (Wildman–Crippen LogP) is 0.971. The van der Waals surface area contributed by atoms with Gasteiger partial charge < -0.3 is 15.0 Å². The van der Waals surface area contributed by atoms with Crippen LogP contribution in [-0.4, -0.2) is 42.8 Å². The van der Waals surface area contributed by atoms with Crippen LogP contribution in [0.15, 0.2) is 0 Å². The minimum Gasteiger partial charge on any atom is -0.443 e. The highest BCUT2D eigenvalue weighted by Gasteiger charge is 2.40. The third-order valence-corrected chi connectivity index (χ3v) is 3.30. The summed E-state index contributed by atoms with van der Waals surface area (Å²) in [7, 11) is 0. The SMILES string of the molecule is CCN1CCC2(CCNCC2)OC1=O. The lowest BCUT2D eigenvalue weighted by molar-refractivity contribution is -0.0637. The lowest BCUT2D eigenvalue weighted by Gasteiger charge is -2.43. The number of rotatable bonds is 1. The standard InChI is InChI=1S/C10H18N2O2/c1-2-12-8-5-10(14-9(12)13)3-6-11-7-4-10/h11H,2-8H2,1H3. The first-order valence-corrected chi connectivity index (χ1v) is 5.44. The maximum atomic E-state index is 11.6. The molecule has 2 fully saturated rings. The summed E-state index contributed by atoms with van der Waals surface area (Å²) in [6.07, 6.45) is 2.81. The van der Waals surface area contributed by atoms with Crippen LogP contribution in [0.4, 0.5) is 4.79 Å². The second-order valence-electron chi connectivity index (χ2n) is 4.13. The Morgan fingerprint density at radius 3 is 2.71 bits per heavy atom. The molecule has 1 N–H and O–H groups in total. The molecular formula is C10H18N2O2. The van der Waals surface area contributed by atoms with Crippen molar-refractivity contribution in [2.24, 2.45) is 0 Å². The van der Waals surface area contributed by atoms with Crippen LogP contribution in [0, 0.1) is 0 Å². The highest BCUT2D eigenvalue weighted by Crippen LogP contribution is 2.31. The Bertz CT molecular complexity index is 224. The summed E-state index contributed by atoms with van der Waals surface area (Å²) < 4.78 is 5.57. The van der Waals surface area contributed by atoms with Gasteiger partial charge in [0.1, 0.15) is 5.60 Å². The summed E-state index contributed by atoms with van der Waals surface area (Å²) in [5, 5.41) is 3.29. The van der Waals surface area contributed by atoms with Crippen LogP contribution in [0.3, 0.4) is 0 Å². The van der Waals surface area contributed by atoms with Crippen molar-refractivity contribution in [3.63, 3.8) is 0 Å². The van der Waals surface area contributed by atoms with Crippen molar-refractivity contribution >= 4 is 6.09 Å². The Hall–Kier alpha value is -0.770. The number of nitrogens with zero attached hydrogens (tertiary/aromatic N) is 1. The molecule has 2 rings (SSSR count). The molecule has 0 aromatic rings. The van der Waals surface area contributed by atoms with Gasteiger partial charge in [0.25, 0.3) is 0 Å². The van der Waals surface area contributed by atoms with Crippen LogP contribution in [0.2, 0.25) is 0 Å². The van der Waals surface area contributed by atoms with Gasteiger partial charge in [0.05, 0.1) is 0 Å². The summed E-state index contributed by atoms with van der Waals surface area (Å²) in [5.41, 5.74) is -0.145. The fraction of sp³-hybridized carbons (Fsp3) is 0.900. The number of hydrogen-bond donors (Lipinski definition) is 1. The monoisotopic (exact) mass is 198 g/mol. The molecule has 14 heavy (non-hydrogen) atoms. The maximum Gasteiger partial charge on any atom is 0.410 e. The minimum absolute atomic E-state index is 0.124. The van der Waals surface area contributed by atoms with Gasteiger partial charge in [0.15, 0.2) is 0 Å². The first kappa shape index (κ1) is 9.77. The van der Waals surface area contributed by atoms with E-state index in [4.69, 9.17) is 4.74 Å². The number of carbonyl (C=O) groups excluding carboxylic acids is 1. The van der Waals surface area contributed by atoms with Gasteiger partial charge in [-0.25, -0.2) is 4.79 Å². The summed E-state index contributed by atoms with van der Waals surface area (Å²) in [6.45, 7) is 5.54. The van der Waals surface area contributed by atoms with Crippen molar-refractivity contribution in [2.45, 2.75) is 31.8 Å². The lowest BCUT2D eigenvalue weighted by atomic mass is 9.87. The highest BCUT2D eigenvalue weighted by molar-refractivity contribution is 5.69. The van der Waals surface area contributed by atoms with E-state index >= 15 is 0 Å². The fourth-order valence-electron chi connectivity index (χ4n) is 2.25. The molecule has 0 saturated carbocycles. The Morgan fingerprint density at radius 2 is 2.14 bits per heavy atom. The molecule has 2 saturated heterocycles. The van der Waals surface area contributed by atoms with Gasteiger partial charge in [0, 0.05) is 19.5 Å². The van der Waals surface area contributed by atoms with E-state index in [1.54, 1.807) is 4.90 Å². The van der Waals surface area contributed by atoms with E-state index in [0.717, 1.165) is 45.4 Å². The lowest BCUT2D eigenvalue weighted by Crippen LogP contribution is -2.53. The van der Waals surface area contributed by atoms with Crippen molar-refractivity contribution in [1.82, 2.24) is 10.2 Å². The number of piperidine rings is 1. The van der Waals surface area contributed by atoms with Crippen LogP contribution < -0.4 is 5.32 Å².